The van der Waals surface area contributed by atoms with Gasteiger partial charge in [0.15, 0.2) is 11.6 Å². The van der Waals surface area contributed by atoms with Crippen molar-refractivity contribution in [1.29, 1.82) is 0 Å². The maximum atomic E-state index is 14.7. The molecule has 2 fully saturated rings. The first kappa shape index (κ1) is 23.9. The minimum Gasteiger partial charge on any atom is -0.393 e. The molecule has 0 bridgehead atoms. The molecule has 0 radical (unpaired) electrons. The van der Waals surface area contributed by atoms with Gasteiger partial charge in [-0.05, 0) is 50.5 Å². The number of halogens is 2. The molecule has 0 unspecified atom stereocenters. The zero-order valence-corrected chi connectivity index (χ0v) is 19.5. The molecule has 7 nitrogen and oxygen atoms in total. The second kappa shape index (κ2) is 10.4. The van der Waals surface area contributed by atoms with Crippen molar-refractivity contribution in [2.75, 3.05) is 25.0 Å². The van der Waals surface area contributed by atoms with E-state index < -0.39 is 17.2 Å². The van der Waals surface area contributed by atoms with Gasteiger partial charge in [-0.15, -0.1) is 0 Å². The Labute approximate surface area is 195 Å². The van der Waals surface area contributed by atoms with Crippen molar-refractivity contribution < 1.29 is 18.7 Å². The second-order valence-corrected chi connectivity index (χ2v) is 10.3. The van der Waals surface area contributed by atoms with E-state index in [9.17, 15) is 23.5 Å². The van der Waals surface area contributed by atoms with Gasteiger partial charge in [0.1, 0.15) is 11.2 Å². The summed E-state index contributed by atoms with van der Waals surface area (Å²) in [5, 5.41) is 12.6. The quantitative estimate of drug-likeness (QED) is 0.586. The van der Waals surface area contributed by atoms with Crippen LogP contribution in [0.3, 0.4) is 0 Å². The van der Waals surface area contributed by atoms with Gasteiger partial charge in [-0.3, -0.25) is 9.59 Å². The van der Waals surface area contributed by atoms with Crippen LogP contribution in [0.15, 0.2) is 10.9 Å². The molecule has 1 saturated heterocycles. The van der Waals surface area contributed by atoms with Crippen molar-refractivity contribution in [2.45, 2.75) is 62.6 Å². The molecule has 1 aliphatic carbocycles. The number of nitrogens with one attached hydrogen (secondary N) is 2. The Morgan fingerprint density at radius 1 is 1.21 bits per heavy atom. The number of benzene rings is 1. The van der Waals surface area contributed by atoms with Crippen LogP contribution in [-0.2, 0) is 10.5 Å². The Morgan fingerprint density at radius 3 is 2.58 bits per heavy atom. The van der Waals surface area contributed by atoms with E-state index in [-0.39, 0.29) is 34.5 Å². The summed E-state index contributed by atoms with van der Waals surface area (Å²) in [6.07, 6.45) is 4.71. The normalized spacial score (nSPS) is 22.0. The van der Waals surface area contributed by atoms with Crippen molar-refractivity contribution >= 4 is 34.3 Å². The predicted octanol–water partition coefficient (Wildman–Crippen LogP) is 3.41. The summed E-state index contributed by atoms with van der Waals surface area (Å²) in [6.45, 7) is 3.32. The van der Waals surface area contributed by atoms with Crippen molar-refractivity contribution in [2.24, 2.45) is 5.92 Å². The Kier molecular flexibility index (Phi) is 7.53. The van der Waals surface area contributed by atoms with E-state index in [1.165, 1.54) is 6.07 Å². The fourth-order valence-electron chi connectivity index (χ4n) is 4.60. The molecule has 2 aliphatic rings. The van der Waals surface area contributed by atoms with Gasteiger partial charge in [-0.2, -0.15) is 11.8 Å². The number of aromatic amines is 1. The molecule has 1 amide bonds. The third kappa shape index (κ3) is 5.66. The summed E-state index contributed by atoms with van der Waals surface area (Å²) in [7, 11) is 0. The highest BCUT2D eigenvalue weighted by Gasteiger charge is 2.23. The van der Waals surface area contributed by atoms with Gasteiger partial charge in [0.2, 0.25) is 5.91 Å². The molecular formula is C23H30F2N4O3S. The smallest absolute Gasteiger partial charge is 0.261 e. The largest absolute Gasteiger partial charge is 0.393 e. The molecule has 1 aromatic heterocycles. The number of thioether (sulfide) groups is 1. The lowest BCUT2D eigenvalue weighted by Gasteiger charge is -2.31. The summed E-state index contributed by atoms with van der Waals surface area (Å²) in [5.41, 5.74) is -0.567. The number of nitrogens with zero attached hydrogens (tertiary/aromatic N) is 2. The molecule has 1 aliphatic heterocycles. The highest BCUT2D eigenvalue weighted by atomic mass is 32.2. The Balaban J connectivity index is 1.45. The van der Waals surface area contributed by atoms with E-state index in [1.54, 1.807) is 23.6 Å². The monoisotopic (exact) mass is 480 g/mol. The van der Waals surface area contributed by atoms with E-state index in [0.717, 1.165) is 38.5 Å². The summed E-state index contributed by atoms with van der Waals surface area (Å²) >= 11 is 1.66. The van der Waals surface area contributed by atoms with Crippen LogP contribution in [0.1, 0.15) is 51.3 Å². The number of carbonyl (C=O) groups excluding carboxylic acids is 1. The molecule has 2 heterocycles. The van der Waals surface area contributed by atoms with Crippen LogP contribution in [0.4, 0.5) is 14.5 Å². The minimum absolute atomic E-state index is 0.00744. The van der Waals surface area contributed by atoms with Gasteiger partial charge in [0.05, 0.1) is 23.1 Å². The summed E-state index contributed by atoms with van der Waals surface area (Å²) < 4.78 is 29.4. The first-order valence-corrected chi connectivity index (χ1v) is 12.6. The van der Waals surface area contributed by atoms with Crippen LogP contribution >= 0.6 is 11.8 Å². The van der Waals surface area contributed by atoms with E-state index in [4.69, 9.17) is 0 Å². The fraction of sp³-hybridized carbons (Fsp3) is 0.609. The van der Waals surface area contributed by atoms with E-state index in [0.29, 0.717) is 36.5 Å². The number of hydrogen-bond acceptors (Lipinski definition) is 6. The fourth-order valence-corrected chi connectivity index (χ4v) is 5.73. The molecule has 10 heteroatoms. The first-order valence-electron chi connectivity index (χ1n) is 11.5. The summed E-state index contributed by atoms with van der Waals surface area (Å²) in [5.74, 6) is -1.10. The van der Waals surface area contributed by atoms with Gasteiger partial charge in [-0.1, -0.05) is 0 Å². The second-order valence-electron chi connectivity index (χ2n) is 9.03. The van der Waals surface area contributed by atoms with Crippen LogP contribution < -0.4 is 10.9 Å². The van der Waals surface area contributed by atoms with Crippen LogP contribution in [0.25, 0.3) is 10.9 Å². The summed E-state index contributed by atoms with van der Waals surface area (Å²) in [6, 6.07) is 1.40. The lowest BCUT2D eigenvalue weighted by Crippen LogP contribution is -2.38. The maximum Gasteiger partial charge on any atom is 0.261 e. The average molecular weight is 481 g/mol. The van der Waals surface area contributed by atoms with Gasteiger partial charge in [0, 0.05) is 31.8 Å². The lowest BCUT2D eigenvalue weighted by atomic mass is 9.96. The Morgan fingerprint density at radius 2 is 1.91 bits per heavy atom. The Hall–Kier alpha value is -2.20. The first-order chi connectivity index (χ1) is 15.8. The van der Waals surface area contributed by atoms with Crippen molar-refractivity contribution in [3.63, 3.8) is 0 Å². The molecule has 2 aromatic rings. The molecular weight excluding hydrogens is 450 g/mol. The molecule has 4 rings (SSSR count). The van der Waals surface area contributed by atoms with Crippen LogP contribution in [0.5, 0.6) is 0 Å². The van der Waals surface area contributed by atoms with E-state index in [2.05, 4.69) is 15.3 Å². The standard InChI is InChI=1S/C23H30F2N4O3S/c1-13(30)29-8-6-14(7-9-29)11-26-18-10-17-20(22(25)21(18)24)23(32)28-19(27-17)12-33-16-4-2-15(31)3-5-16/h10,14-16,26,31H,2-9,11-12H2,1H3,(H,27,28,32). The van der Waals surface area contributed by atoms with Gasteiger partial charge in [-0.25, -0.2) is 13.8 Å². The summed E-state index contributed by atoms with van der Waals surface area (Å²) in [4.78, 5) is 32.7. The number of aliphatic hydroxyl groups excluding tert-OH is 1. The van der Waals surface area contributed by atoms with Crippen LogP contribution in [-0.4, -0.2) is 56.9 Å². The zero-order chi connectivity index (χ0) is 23.5. The average Bonchev–Trinajstić information content (AvgIpc) is 2.80. The number of amides is 1. The highest BCUT2D eigenvalue weighted by molar-refractivity contribution is 7.99. The number of aliphatic hydroxyl groups is 1. The lowest BCUT2D eigenvalue weighted by molar-refractivity contribution is -0.130. The van der Waals surface area contributed by atoms with Crippen molar-refractivity contribution in [3.8, 4) is 0 Å². The number of fused-ring (bicyclic) bond motifs is 1. The minimum atomic E-state index is -1.20. The molecule has 33 heavy (non-hydrogen) atoms. The molecule has 180 valence electrons. The zero-order valence-electron chi connectivity index (χ0n) is 18.7. The topological polar surface area (TPSA) is 98.3 Å². The predicted molar refractivity (Wildman–Crippen MR) is 125 cm³/mol. The molecule has 0 spiro atoms. The number of hydrogen-bond donors (Lipinski definition) is 3. The molecule has 1 saturated carbocycles. The molecule has 0 atom stereocenters. The third-order valence-electron chi connectivity index (χ3n) is 6.67. The Bertz CT molecular complexity index is 1060. The van der Waals surface area contributed by atoms with Crippen molar-refractivity contribution in [1.82, 2.24) is 14.9 Å². The maximum absolute atomic E-state index is 14.7. The number of carbonyl (C=O) groups is 1. The van der Waals surface area contributed by atoms with E-state index in [1.807, 2.05) is 0 Å². The number of piperidine rings is 1. The number of aromatic nitrogens is 2. The number of anilines is 1. The number of H-pyrrole nitrogens is 1. The van der Waals surface area contributed by atoms with E-state index >= 15 is 0 Å². The van der Waals surface area contributed by atoms with Crippen LogP contribution in [0, 0.1) is 17.6 Å². The van der Waals surface area contributed by atoms with Gasteiger partial charge >= 0.3 is 0 Å². The molecule has 3 N–H and O–H groups in total. The SMILES string of the molecule is CC(=O)N1CCC(CNc2cc3nc(CSC4CCC(O)CC4)[nH]c(=O)c3c(F)c2F)CC1. The van der Waals surface area contributed by atoms with Crippen molar-refractivity contribution in [3.05, 3.63) is 33.9 Å². The van der Waals surface area contributed by atoms with Gasteiger partial charge < -0.3 is 20.3 Å². The number of rotatable bonds is 6. The third-order valence-corrected chi connectivity index (χ3v) is 8.05. The highest BCUT2D eigenvalue weighted by Crippen LogP contribution is 2.31. The van der Waals surface area contributed by atoms with Crippen LogP contribution in [0.2, 0.25) is 0 Å². The van der Waals surface area contributed by atoms with Gasteiger partial charge in [0.25, 0.3) is 5.56 Å². The number of likely N-dealkylation sites (tertiary alicyclic amines) is 1. The molecule has 1 aromatic carbocycles.